The third kappa shape index (κ3) is 6.56. The minimum Gasteiger partial charge on any atom is -0.489 e. The Balaban J connectivity index is 1.60. The molecule has 1 heterocycles. The number of thioether (sulfide) groups is 1. The molecule has 1 amide bonds. The van der Waals surface area contributed by atoms with Gasteiger partial charge >= 0.3 is 5.97 Å². The first-order valence-corrected chi connectivity index (χ1v) is 11.3. The van der Waals surface area contributed by atoms with Crippen molar-refractivity contribution in [3.05, 3.63) is 69.6 Å². The van der Waals surface area contributed by atoms with Crippen LogP contribution in [0.1, 0.15) is 25.0 Å². The number of esters is 1. The fourth-order valence-electron chi connectivity index (χ4n) is 2.66. The van der Waals surface area contributed by atoms with Crippen LogP contribution in [-0.2, 0) is 20.9 Å². The number of carbonyl (C=O) groups excluding carboxylic acids is 2. The third-order valence-electron chi connectivity index (χ3n) is 4.27. The summed E-state index contributed by atoms with van der Waals surface area (Å²) in [5.41, 5.74) is 1.73. The molecule has 162 valence electrons. The number of hydrogen-bond acceptors (Lipinski definition) is 6. The van der Waals surface area contributed by atoms with Crippen LogP contribution >= 0.6 is 35.6 Å². The van der Waals surface area contributed by atoms with E-state index in [1.165, 1.54) is 16.7 Å². The largest absolute Gasteiger partial charge is 0.489 e. The van der Waals surface area contributed by atoms with Crippen molar-refractivity contribution in [2.75, 3.05) is 13.2 Å². The second-order valence-corrected chi connectivity index (χ2v) is 9.38. The molecule has 31 heavy (non-hydrogen) atoms. The van der Waals surface area contributed by atoms with Crippen molar-refractivity contribution in [3.8, 4) is 5.75 Å². The minimum atomic E-state index is -0.466. The van der Waals surface area contributed by atoms with E-state index in [0.717, 1.165) is 11.1 Å². The SMILES string of the molecule is CC(C)COC(=O)CN1C(=O)/C(=C/c2ccc(OCc3ccccc3Cl)cc2)SC1=S. The van der Waals surface area contributed by atoms with Crippen LogP contribution in [0.4, 0.5) is 0 Å². The molecule has 0 aliphatic carbocycles. The lowest BCUT2D eigenvalue weighted by Gasteiger charge is -2.14. The molecule has 0 radical (unpaired) electrons. The van der Waals surface area contributed by atoms with E-state index in [0.29, 0.717) is 33.2 Å². The topological polar surface area (TPSA) is 55.8 Å². The van der Waals surface area contributed by atoms with Crippen LogP contribution in [0.3, 0.4) is 0 Å². The van der Waals surface area contributed by atoms with Crippen molar-refractivity contribution in [1.82, 2.24) is 4.90 Å². The fourth-order valence-corrected chi connectivity index (χ4v) is 4.10. The molecule has 0 aromatic heterocycles. The van der Waals surface area contributed by atoms with Gasteiger partial charge in [-0.25, -0.2) is 0 Å². The van der Waals surface area contributed by atoms with Gasteiger partial charge < -0.3 is 9.47 Å². The van der Waals surface area contributed by atoms with Gasteiger partial charge in [0.15, 0.2) is 0 Å². The number of benzene rings is 2. The Bertz CT molecular complexity index is 1000. The molecule has 1 aliphatic rings. The van der Waals surface area contributed by atoms with Gasteiger partial charge in [0, 0.05) is 10.6 Å². The van der Waals surface area contributed by atoms with Crippen LogP contribution in [0.25, 0.3) is 6.08 Å². The zero-order chi connectivity index (χ0) is 22.4. The smallest absolute Gasteiger partial charge is 0.326 e. The molecule has 5 nitrogen and oxygen atoms in total. The van der Waals surface area contributed by atoms with Crippen molar-refractivity contribution in [2.45, 2.75) is 20.5 Å². The van der Waals surface area contributed by atoms with E-state index in [1.54, 1.807) is 6.08 Å². The van der Waals surface area contributed by atoms with E-state index in [1.807, 2.05) is 62.4 Å². The first-order chi connectivity index (χ1) is 14.8. The van der Waals surface area contributed by atoms with Gasteiger partial charge in [-0.2, -0.15) is 0 Å². The van der Waals surface area contributed by atoms with Gasteiger partial charge in [-0.05, 0) is 35.8 Å². The lowest BCUT2D eigenvalue weighted by molar-refractivity contribution is -0.147. The molecule has 1 fully saturated rings. The van der Waals surface area contributed by atoms with Gasteiger partial charge in [0.1, 0.15) is 23.2 Å². The lowest BCUT2D eigenvalue weighted by atomic mass is 10.2. The molecule has 3 rings (SSSR count). The van der Waals surface area contributed by atoms with E-state index in [9.17, 15) is 9.59 Å². The van der Waals surface area contributed by atoms with E-state index >= 15 is 0 Å². The van der Waals surface area contributed by atoms with E-state index in [-0.39, 0.29) is 18.4 Å². The lowest BCUT2D eigenvalue weighted by Crippen LogP contribution is -2.34. The number of thiocarbonyl (C=S) groups is 1. The molecule has 1 aliphatic heterocycles. The van der Waals surface area contributed by atoms with Gasteiger partial charge in [0.25, 0.3) is 5.91 Å². The summed E-state index contributed by atoms with van der Waals surface area (Å²) in [6.07, 6.45) is 1.75. The fraction of sp³-hybridized carbons (Fsp3) is 0.261. The maximum Gasteiger partial charge on any atom is 0.326 e. The predicted molar refractivity (Wildman–Crippen MR) is 128 cm³/mol. The Morgan fingerprint density at radius 2 is 1.90 bits per heavy atom. The Kier molecular flexibility index (Phi) is 8.12. The van der Waals surface area contributed by atoms with Crippen molar-refractivity contribution >= 4 is 57.9 Å². The molecular weight excluding hydrogens is 454 g/mol. The van der Waals surface area contributed by atoms with E-state index in [2.05, 4.69) is 0 Å². The van der Waals surface area contributed by atoms with Crippen molar-refractivity contribution < 1.29 is 19.1 Å². The van der Waals surface area contributed by atoms with Crippen molar-refractivity contribution in [1.29, 1.82) is 0 Å². The number of rotatable bonds is 8. The monoisotopic (exact) mass is 475 g/mol. The Morgan fingerprint density at radius 1 is 1.19 bits per heavy atom. The van der Waals surface area contributed by atoms with E-state index < -0.39 is 5.97 Å². The molecule has 8 heteroatoms. The summed E-state index contributed by atoms with van der Waals surface area (Å²) in [7, 11) is 0. The van der Waals surface area contributed by atoms with Crippen LogP contribution in [-0.4, -0.2) is 34.2 Å². The Morgan fingerprint density at radius 3 is 2.58 bits per heavy atom. The molecule has 1 saturated heterocycles. The summed E-state index contributed by atoms with van der Waals surface area (Å²) in [4.78, 5) is 26.3. The maximum absolute atomic E-state index is 12.7. The number of amides is 1. The summed E-state index contributed by atoms with van der Waals surface area (Å²) in [5, 5.41) is 0.661. The first kappa shape index (κ1) is 23.3. The van der Waals surface area contributed by atoms with Crippen LogP contribution in [0.15, 0.2) is 53.4 Å². The number of hydrogen-bond donors (Lipinski definition) is 0. The predicted octanol–water partition coefficient (Wildman–Crippen LogP) is 5.32. The third-order valence-corrected chi connectivity index (χ3v) is 6.02. The van der Waals surface area contributed by atoms with Gasteiger partial charge in [0.05, 0.1) is 11.5 Å². The van der Waals surface area contributed by atoms with Gasteiger partial charge in [-0.15, -0.1) is 0 Å². The Hall–Kier alpha value is -2.35. The average Bonchev–Trinajstić information content (AvgIpc) is 3.00. The zero-order valence-electron chi connectivity index (χ0n) is 17.2. The molecule has 0 unspecified atom stereocenters. The first-order valence-electron chi connectivity index (χ1n) is 9.70. The van der Waals surface area contributed by atoms with Crippen LogP contribution < -0.4 is 4.74 Å². The average molecular weight is 476 g/mol. The standard InChI is InChI=1S/C23H22ClNO4S2/c1-15(2)13-29-21(26)12-25-22(27)20(31-23(25)30)11-16-7-9-18(10-8-16)28-14-17-5-3-4-6-19(17)24/h3-11,15H,12-14H2,1-2H3/b20-11-. The van der Waals surface area contributed by atoms with Gasteiger partial charge in [-0.3, -0.25) is 14.5 Å². The molecule has 0 spiro atoms. The molecule has 0 saturated carbocycles. The highest BCUT2D eigenvalue weighted by Gasteiger charge is 2.33. The molecule has 0 N–H and O–H groups in total. The molecular formula is C23H22ClNO4S2. The van der Waals surface area contributed by atoms with Gasteiger partial charge in [0.2, 0.25) is 0 Å². The number of halogens is 1. The molecule has 0 bridgehead atoms. The number of nitrogens with zero attached hydrogens (tertiary/aromatic N) is 1. The van der Waals surface area contributed by atoms with Crippen molar-refractivity contribution in [3.63, 3.8) is 0 Å². The molecule has 2 aromatic rings. The summed E-state index contributed by atoms with van der Waals surface area (Å²) >= 11 is 12.6. The minimum absolute atomic E-state index is 0.177. The van der Waals surface area contributed by atoms with Crippen LogP contribution in [0.2, 0.25) is 5.02 Å². The van der Waals surface area contributed by atoms with E-state index in [4.69, 9.17) is 33.3 Å². The highest BCUT2D eigenvalue weighted by atomic mass is 35.5. The summed E-state index contributed by atoms with van der Waals surface area (Å²) < 4.78 is 11.3. The molecule has 2 aromatic carbocycles. The summed E-state index contributed by atoms with van der Waals surface area (Å²) in [6.45, 7) is 4.40. The number of ether oxygens (including phenoxy) is 2. The second-order valence-electron chi connectivity index (χ2n) is 7.29. The maximum atomic E-state index is 12.7. The van der Waals surface area contributed by atoms with Crippen molar-refractivity contribution in [2.24, 2.45) is 5.92 Å². The van der Waals surface area contributed by atoms with Crippen LogP contribution in [0, 0.1) is 5.92 Å². The second kappa shape index (κ2) is 10.8. The van der Waals surface area contributed by atoms with Crippen LogP contribution in [0.5, 0.6) is 5.75 Å². The van der Waals surface area contributed by atoms with Gasteiger partial charge in [-0.1, -0.05) is 79.8 Å². The highest BCUT2D eigenvalue weighted by molar-refractivity contribution is 8.26. The molecule has 0 atom stereocenters. The summed E-state index contributed by atoms with van der Waals surface area (Å²) in [6, 6.07) is 14.9. The Labute approximate surface area is 196 Å². The zero-order valence-corrected chi connectivity index (χ0v) is 19.6. The normalized spacial score (nSPS) is 15.1. The summed E-state index contributed by atoms with van der Waals surface area (Å²) in [5.74, 6) is 0.158. The highest BCUT2D eigenvalue weighted by Crippen LogP contribution is 2.32. The quantitative estimate of drug-likeness (QED) is 0.292. The number of carbonyl (C=O) groups is 2.